The Labute approximate surface area is 107 Å². The van der Waals surface area contributed by atoms with Crippen LogP contribution in [0.2, 0.25) is 0 Å². The van der Waals surface area contributed by atoms with E-state index in [0.717, 1.165) is 11.4 Å². The molecule has 94 valence electrons. The third-order valence-electron chi connectivity index (χ3n) is 2.79. The predicted molar refractivity (Wildman–Crippen MR) is 72.9 cm³/mol. The quantitative estimate of drug-likeness (QED) is 0.793. The van der Waals surface area contributed by atoms with Gasteiger partial charge in [-0.25, -0.2) is 0 Å². The second kappa shape index (κ2) is 6.18. The van der Waals surface area contributed by atoms with Crippen molar-refractivity contribution in [3.05, 3.63) is 21.9 Å². The molecule has 0 unspecified atom stereocenters. The van der Waals surface area contributed by atoms with E-state index in [4.69, 9.17) is 5.73 Å². The molecule has 0 aromatic carbocycles. The number of likely N-dealkylation sites (N-methyl/N-ethyl adjacent to an activating group) is 1. The molecule has 3 nitrogen and oxygen atoms in total. The van der Waals surface area contributed by atoms with E-state index in [-0.39, 0.29) is 12.1 Å². The number of hydrogen-bond donors (Lipinski definition) is 2. The van der Waals surface area contributed by atoms with E-state index in [1.807, 2.05) is 27.0 Å². The van der Waals surface area contributed by atoms with E-state index in [1.165, 1.54) is 4.88 Å². The Morgan fingerprint density at radius 2 is 2.18 bits per heavy atom. The normalized spacial score (nSPS) is 11.4. The van der Waals surface area contributed by atoms with Crippen LogP contribution in [0.5, 0.6) is 0 Å². The predicted octanol–water partition coefficient (Wildman–Crippen LogP) is 1.26. The molecule has 3 N–H and O–H groups in total. The van der Waals surface area contributed by atoms with Gasteiger partial charge in [-0.2, -0.15) is 0 Å². The molecule has 0 radical (unpaired) electrons. The van der Waals surface area contributed by atoms with Crippen LogP contribution in [0.15, 0.2) is 12.1 Å². The average molecular weight is 252 g/mol. The zero-order chi connectivity index (χ0) is 12.9. The van der Waals surface area contributed by atoms with Crippen molar-refractivity contribution in [2.24, 2.45) is 5.73 Å². The van der Waals surface area contributed by atoms with E-state index in [9.17, 15) is 5.11 Å². The van der Waals surface area contributed by atoms with Crippen molar-refractivity contribution in [2.45, 2.75) is 25.9 Å². The van der Waals surface area contributed by atoms with Gasteiger partial charge in [-0.3, -0.25) is 4.90 Å². The first-order chi connectivity index (χ1) is 7.99. The lowest BCUT2D eigenvalue weighted by Crippen LogP contribution is -2.43. The minimum Gasteiger partial charge on any atom is -0.394 e. The van der Waals surface area contributed by atoms with Crippen LogP contribution in [0.25, 0.3) is 0 Å². The highest BCUT2D eigenvalue weighted by Crippen LogP contribution is 2.20. The lowest BCUT2D eigenvalue weighted by molar-refractivity contribution is 0.0741. The topological polar surface area (TPSA) is 49.5 Å². The van der Waals surface area contributed by atoms with Crippen molar-refractivity contribution >= 4 is 11.3 Å². The molecule has 0 aliphatic rings. The molecular weight excluding hydrogens is 232 g/mol. The third kappa shape index (κ3) is 4.14. The Bertz CT molecular complexity index is 415. The van der Waals surface area contributed by atoms with E-state index in [2.05, 4.69) is 22.8 Å². The van der Waals surface area contributed by atoms with Crippen LogP contribution < -0.4 is 5.73 Å². The minimum atomic E-state index is -0.201. The highest BCUT2D eigenvalue weighted by Gasteiger charge is 2.22. The van der Waals surface area contributed by atoms with Gasteiger partial charge in [0.25, 0.3) is 0 Å². The Morgan fingerprint density at radius 1 is 1.47 bits per heavy atom. The van der Waals surface area contributed by atoms with Gasteiger partial charge < -0.3 is 10.8 Å². The summed E-state index contributed by atoms with van der Waals surface area (Å²) in [6.45, 7) is 5.41. The van der Waals surface area contributed by atoms with Crippen molar-refractivity contribution in [1.82, 2.24) is 4.90 Å². The maximum Gasteiger partial charge on any atom is 0.0772 e. The monoisotopic (exact) mass is 252 g/mol. The maximum absolute atomic E-state index is 9.29. The van der Waals surface area contributed by atoms with Gasteiger partial charge in [0.2, 0.25) is 0 Å². The van der Waals surface area contributed by atoms with Gasteiger partial charge in [-0.05, 0) is 33.0 Å². The van der Waals surface area contributed by atoms with Crippen molar-refractivity contribution < 1.29 is 5.11 Å². The zero-order valence-corrected chi connectivity index (χ0v) is 11.5. The summed E-state index contributed by atoms with van der Waals surface area (Å²) in [6.07, 6.45) is 0. The molecule has 0 aliphatic carbocycles. The molecule has 0 fully saturated rings. The summed E-state index contributed by atoms with van der Waals surface area (Å²) in [5, 5.41) is 9.29. The summed E-state index contributed by atoms with van der Waals surface area (Å²) in [5.74, 6) is 5.87. The molecule has 1 heterocycles. The first kappa shape index (κ1) is 14.2. The van der Waals surface area contributed by atoms with Crippen LogP contribution in [-0.4, -0.2) is 35.7 Å². The van der Waals surface area contributed by atoms with Gasteiger partial charge in [0.05, 0.1) is 18.0 Å². The summed E-state index contributed by atoms with van der Waals surface area (Å²) in [4.78, 5) is 4.43. The molecule has 0 amide bonds. The van der Waals surface area contributed by atoms with Gasteiger partial charge in [0.15, 0.2) is 0 Å². The molecule has 0 saturated carbocycles. The molecule has 1 aromatic rings. The van der Waals surface area contributed by atoms with Crippen LogP contribution in [0.4, 0.5) is 0 Å². The number of thiophene rings is 1. The molecule has 0 bridgehead atoms. The van der Waals surface area contributed by atoms with Gasteiger partial charge >= 0.3 is 0 Å². The van der Waals surface area contributed by atoms with Crippen LogP contribution in [-0.2, 0) is 6.54 Å². The van der Waals surface area contributed by atoms with Crippen molar-refractivity contribution in [2.75, 3.05) is 20.2 Å². The highest BCUT2D eigenvalue weighted by molar-refractivity contribution is 7.12. The molecule has 0 aliphatic heterocycles. The summed E-state index contributed by atoms with van der Waals surface area (Å²) in [5.41, 5.74) is 5.13. The largest absolute Gasteiger partial charge is 0.394 e. The molecule has 0 atom stereocenters. The minimum absolute atomic E-state index is 0.148. The van der Waals surface area contributed by atoms with Gasteiger partial charge in [-0.15, -0.1) is 11.3 Å². The Kier molecular flexibility index (Phi) is 5.16. The lowest BCUT2D eigenvalue weighted by atomic mass is 10.1. The summed E-state index contributed by atoms with van der Waals surface area (Å²) in [6, 6.07) is 4.09. The van der Waals surface area contributed by atoms with Crippen LogP contribution in [0, 0.1) is 11.8 Å². The van der Waals surface area contributed by atoms with E-state index < -0.39 is 0 Å². The van der Waals surface area contributed by atoms with Crippen molar-refractivity contribution in [3.8, 4) is 11.8 Å². The fraction of sp³-hybridized carbons (Fsp3) is 0.538. The lowest BCUT2D eigenvalue weighted by Gasteiger charge is -2.33. The fourth-order valence-corrected chi connectivity index (χ4v) is 2.17. The summed E-state index contributed by atoms with van der Waals surface area (Å²) in [7, 11) is 2.02. The maximum atomic E-state index is 9.29. The molecule has 0 saturated heterocycles. The number of rotatable bonds is 4. The Hall–Kier alpha value is -0.860. The van der Waals surface area contributed by atoms with Gasteiger partial charge in [-0.1, -0.05) is 11.8 Å². The molecule has 4 heteroatoms. The van der Waals surface area contributed by atoms with E-state index in [0.29, 0.717) is 6.54 Å². The first-order valence-corrected chi connectivity index (χ1v) is 6.41. The Balaban J connectivity index is 2.66. The van der Waals surface area contributed by atoms with Crippen molar-refractivity contribution in [3.63, 3.8) is 0 Å². The molecule has 0 spiro atoms. The number of nitrogens with zero attached hydrogens (tertiary/aromatic N) is 1. The Morgan fingerprint density at radius 3 is 2.76 bits per heavy atom. The van der Waals surface area contributed by atoms with Crippen molar-refractivity contribution in [1.29, 1.82) is 0 Å². The zero-order valence-electron chi connectivity index (χ0n) is 10.7. The number of aliphatic hydroxyl groups is 1. The second-order valence-corrected chi connectivity index (χ2v) is 5.77. The third-order valence-corrected chi connectivity index (χ3v) is 3.77. The standard InChI is InChI=1S/C13H20N2OS/c1-13(2,10-16)15(3)9-12-7-6-11(17-12)5-4-8-14/h6-7,16H,8-10,14H2,1-3H3. The van der Waals surface area contributed by atoms with Gasteiger partial charge in [0.1, 0.15) is 0 Å². The smallest absolute Gasteiger partial charge is 0.0772 e. The number of nitrogens with two attached hydrogens (primary N) is 1. The second-order valence-electron chi connectivity index (χ2n) is 4.60. The van der Waals surface area contributed by atoms with E-state index in [1.54, 1.807) is 11.3 Å². The molecular formula is C13H20N2OS. The SMILES string of the molecule is CN(Cc1ccc(C#CCN)s1)C(C)(C)CO. The number of hydrogen-bond acceptors (Lipinski definition) is 4. The van der Waals surface area contributed by atoms with E-state index >= 15 is 0 Å². The van der Waals surface area contributed by atoms with Crippen LogP contribution >= 0.6 is 11.3 Å². The number of aliphatic hydroxyl groups excluding tert-OH is 1. The summed E-state index contributed by atoms with van der Waals surface area (Å²) < 4.78 is 0. The van der Waals surface area contributed by atoms with Crippen LogP contribution in [0.3, 0.4) is 0 Å². The average Bonchev–Trinajstić information content (AvgIpc) is 2.74. The first-order valence-electron chi connectivity index (χ1n) is 5.59. The molecule has 1 rings (SSSR count). The molecule has 17 heavy (non-hydrogen) atoms. The molecule has 1 aromatic heterocycles. The fourth-order valence-electron chi connectivity index (χ4n) is 1.24. The highest BCUT2D eigenvalue weighted by atomic mass is 32.1. The van der Waals surface area contributed by atoms with Crippen LogP contribution in [0.1, 0.15) is 23.6 Å². The summed E-state index contributed by atoms with van der Waals surface area (Å²) >= 11 is 1.68. The van der Waals surface area contributed by atoms with Gasteiger partial charge in [0, 0.05) is 17.0 Å².